The first-order valence-electron chi connectivity index (χ1n) is 10.3. The molecule has 4 aromatic carbocycles. The highest BCUT2D eigenvalue weighted by Crippen LogP contribution is 2.45. The van der Waals surface area contributed by atoms with Crippen LogP contribution in [0.4, 0.5) is 0 Å². The summed E-state index contributed by atoms with van der Waals surface area (Å²) in [5, 5.41) is 0. The van der Waals surface area contributed by atoms with E-state index >= 15 is 0 Å². The summed E-state index contributed by atoms with van der Waals surface area (Å²) >= 11 is 0. The molecule has 152 valence electrons. The van der Waals surface area contributed by atoms with Crippen LogP contribution in [-0.4, -0.2) is 7.32 Å². The molecule has 1 aliphatic heterocycles. The van der Waals surface area contributed by atoms with Crippen LogP contribution in [0.5, 0.6) is 11.5 Å². The van der Waals surface area contributed by atoms with E-state index in [-0.39, 0.29) is 0 Å². The lowest BCUT2D eigenvalue weighted by Gasteiger charge is -2.40. The highest BCUT2D eigenvalue weighted by molar-refractivity contribution is 6.40. The Hall–Kier alpha value is -3.54. The maximum Gasteiger partial charge on any atom is 0.789 e. The molecule has 1 aliphatic rings. The monoisotopic (exact) mass is 407 g/mol. The van der Waals surface area contributed by atoms with Gasteiger partial charge in [-0.05, 0) is 28.8 Å². The minimum Gasteiger partial charge on any atom is -0.498 e. The van der Waals surface area contributed by atoms with E-state index in [0.29, 0.717) is 11.5 Å². The van der Waals surface area contributed by atoms with E-state index in [1.807, 2.05) is 115 Å². The Morgan fingerprint density at radius 3 is 1.52 bits per heavy atom. The summed E-state index contributed by atoms with van der Waals surface area (Å²) in [6.07, 6.45) is 0. The Labute approximate surface area is 182 Å². The molecule has 4 aromatic rings. The molecule has 0 saturated carbocycles. The predicted octanol–water partition coefficient (Wildman–Crippen LogP) is 5.10. The van der Waals surface area contributed by atoms with Gasteiger partial charge >= 0.3 is 7.32 Å². The van der Waals surface area contributed by atoms with Gasteiger partial charge in [0.1, 0.15) is 17.1 Å². The molecule has 1 atom stereocenters. The van der Waals surface area contributed by atoms with Gasteiger partial charge in [0.05, 0.1) is 6.04 Å². The summed E-state index contributed by atoms with van der Waals surface area (Å²) in [4.78, 5) is 0. The minimum absolute atomic E-state index is 0.519. The number of hydrogen-bond donors (Lipinski definition) is 1. The summed E-state index contributed by atoms with van der Waals surface area (Å²) in [6, 6.07) is 37.0. The van der Waals surface area contributed by atoms with Crippen molar-refractivity contribution in [3.63, 3.8) is 0 Å². The van der Waals surface area contributed by atoms with Gasteiger partial charge in [0.2, 0.25) is 0 Å². The fourth-order valence-electron chi connectivity index (χ4n) is 4.08. The summed E-state index contributed by atoms with van der Waals surface area (Å²) in [5.41, 5.74) is 8.72. The third-order valence-electron chi connectivity index (χ3n) is 5.58. The van der Waals surface area contributed by atoms with Crippen LogP contribution >= 0.6 is 0 Å². The average Bonchev–Trinajstić information content (AvgIpc) is 3.26. The van der Waals surface area contributed by atoms with Gasteiger partial charge in [0.25, 0.3) is 0 Å². The number of fused-ring (bicyclic) bond motifs is 1. The lowest BCUT2D eigenvalue weighted by Crippen LogP contribution is -2.48. The zero-order valence-electron chi connectivity index (χ0n) is 16.9. The van der Waals surface area contributed by atoms with Gasteiger partial charge in [-0.15, -0.1) is 0 Å². The van der Waals surface area contributed by atoms with E-state index in [1.165, 1.54) is 0 Å². The molecule has 0 radical (unpaired) electrons. The van der Waals surface area contributed by atoms with Crippen LogP contribution in [0.25, 0.3) is 0 Å². The third kappa shape index (κ3) is 3.59. The molecule has 0 bridgehead atoms. The number of hydrogen-bond acceptors (Lipinski definition) is 4. The summed E-state index contributed by atoms with van der Waals surface area (Å²) < 4.78 is 18.7. The van der Waals surface area contributed by atoms with E-state index in [1.54, 1.807) is 0 Å². The molecule has 5 heteroatoms. The lowest BCUT2D eigenvalue weighted by atomic mass is 9.76. The van der Waals surface area contributed by atoms with Crippen LogP contribution < -0.4 is 15.0 Å². The molecule has 0 spiro atoms. The van der Waals surface area contributed by atoms with Crippen molar-refractivity contribution in [1.82, 2.24) is 0 Å². The summed E-state index contributed by atoms with van der Waals surface area (Å²) in [6.45, 7) is 0. The topological polar surface area (TPSA) is 53.7 Å². The van der Waals surface area contributed by atoms with Gasteiger partial charge in [-0.1, -0.05) is 103 Å². The van der Waals surface area contributed by atoms with E-state index in [0.717, 1.165) is 16.7 Å². The van der Waals surface area contributed by atoms with Gasteiger partial charge in [-0.25, -0.2) is 0 Å². The Balaban J connectivity index is 1.65. The molecule has 4 nitrogen and oxygen atoms in total. The molecule has 0 amide bonds. The van der Waals surface area contributed by atoms with Crippen LogP contribution in [0.3, 0.4) is 0 Å². The zero-order valence-corrected chi connectivity index (χ0v) is 16.9. The smallest absolute Gasteiger partial charge is 0.498 e. The Kier molecular flexibility index (Phi) is 5.20. The quantitative estimate of drug-likeness (QED) is 0.452. The second-order valence-electron chi connectivity index (χ2n) is 7.45. The third-order valence-corrected chi connectivity index (χ3v) is 5.58. The highest BCUT2D eigenvalue weighted by atomic mass is 16.8. The van der Waals surface area contributed by atoms with Crippen molar-refractivity contribution in [3.8, 4) is 11.5 Å². The van der Waals surface area contributed by atoms with Crippen LogP contribution in [0.15, 0.2) is 115 Å². The molecule has 0 aromatic heterocycles. The van der Waals surface area contributed by atoms with Crippen molar-refractivity contribution in [2.75, 3.05) is 0 Å². The van der Waals surface area contributed by atoms with Gasteiger partial charge in [0, 0.05) is 0 Å². The number of benzene rings is 4. The zero-order chi connectivity index (χ0) is 21.1. The Bertz CT molecular complexity index is 1070. The lowest BCUT2D eigenvalue weighted by molar-refractivity contribution is 0.0406. The second kappa shape index (κ2) is 8.30. The molecule has 0 unspecified atom stereocenters. The summed E-state index contributed by atoms with van der Waals surface area (Å²) in [7, 11) is -0.937. The Morgan fingerprint density at radius 1 is 0.613 bits per heavy atom. The SMILES string of the molecule is N[C@H](c1ccccc1)C(OB1Oc2ccccc2O1)(c1ccccc1)c1ccccc1. The van der Waals surface area contributed by atoms with Gasteiger partial charge in [-0.3, -0.25) is 0 Å². The van der Waals surface area contributed by atoms with Crippen LogP contribution in [0, 0.1) is 0 Å². The van der Waals surface area contributed by atoms with Crippen molar-refractivity contribution in [2.24, 2.45) is 5.73 Å². The normalized spacial score (nSPS) is 13.8. The number of para-hydroxylation sites is 2. The maximum absolute atomic E-state index is 6.99. The standard InChI is InChI=1S/C26H22BNO3/c28-25(20-12-4-1-5-13-20)26(21-14-6-2-7-15-21,22-16-8-3-9-17-22)31-27-29-23-18-10-11-19-24(23)30-27/h1-19,25H,28H2/t25-/m1/s1. The fourth-order valence-corrected chi connectivity index (χ4v) is 4.08. The van der Waals surface area contributed by atoms with Gasteiger partial charge in [-0.2, -0.15) is 0 Å². The Morgan fingerprint density at radius 2 is 1.03 bits per heavy atom. The number of nitrogens with two attached hydrogens (primary N) is 1. The van der Waals surface area contributed by atoms with E-state index in [9.17, 15) is 0 Å². The molecule has 0 aliphatic carbocycles. The predicted molar refractivity (Wildman–Crippen MR) is 122 cm³/mol. The van der Waals surface area contributed by atoms with Crippen LogP contribution in [0.1, 0.15) is 22.7 Å². The van der Waals surface area contributed by atoms with Gasteiger partial charge < -0.3 is 19.7 Å². The second-order valence-corrected chi connectivity index (χ2v) is 7.45. The molecule has 5 rings (SSSR count). The minimum atomic E-state index is -1.05. The molecule has 31 heavy (non-hydrogen) atoms. The average molecular weight is 407 g/mol. The molecular formula is C26H22BNO3. The first-order valence-corrected chi connectivity index (χ1v) is 10.3. The molecule has 0 fully saturated rings. The van der Waals surface area contributed by atoms with Crippen molar-refractivity contribution in [3.05, 3.63) is 132 Å². The van der Waals surface area contributed by atoms with Crippen LogP contribution in [0.2, 0.25) is 0 Å². The fraction of sp³-hybridized carbons (Fsp3) is 0.0769. The maximum atomic E-state index is 6.99. The summed E-state index contributed by atoms with van der Waals surface area (Å²) in [5.74, 6) is 1.30. The van der Waals surface area contributed by atoms with E-state index in [2.05, 4.69) is 0 Å². The first-order chi connectivity index (χ1) is 15.3. The van der Waals surface area contributed by atoms with Crippen molar-refractivity contribution in [2.45, 2.75) is 11.6 Å². The van der Waals surface area contributed by atoms with Crippen molar-refractivity contribution < 1.29 is 14.0 Å². The van der Waals surface area contributed by atoms with Crippen molar-refractivity contribution in [1.29, 1.82) is 0 Å². The largest absolute Gasteiger partial charge is 0.789 e. The molecule has 2 N–H and O–H groups in total. The van der Waals surface area contributed by atoms with Gasteiger partial charge in [0.15, 0.2) is 0 Å². The van der Waals surface area contributed by atoms with E-state index < -0.39 is 19.0 Å². The number of rotatable bonds is 6. The van der Waals surface area contributed by atoms with Crippen molar-refractivity contribution >= 4 is 7.32 Å². The molecule has 1 heterocycles. The molecule has 0 saturated heterocycles. The first kappa shape index (κ1) is 19.4. The highest BCUT2D eigenvalue weighted by Gasteiger charge is 2.50. The molecular weight excluding hydrogens is 385 g/mol. The van der Waals surface area contributed by atoms with E-state index in [4.69, 9.17) is 19.7 Å². The van der Waals surface area contributed by atoms with Crippen LogP contribution in [-0.2, 0) is 10.3 Å².